The number of carbonyl (C=O) groups excluding carboxylic acids is 3. The fourth-order valence-electron chi connectivity index (χ4n) is 4.03. The first-order valence-electron chi connectivity index (χ1n) is 10.4. The number of Topliss-reactive ketones (excluding diaryl/α,β-unsaturated/α-hetero) is 1. The van der Waals surface area contributed by atoms with Gasteiger partial charge in [-0.2, -0.15) is 0 Å². The molecule has 1 aromatic heterocycles. The first kappa shape index (κ1) is 20.7. The van der Waals surface area contributed by atoms with E-state index < -0.39 is 5.97 Å². The monoisotopic (exact) mass is 416 g/mol. The number of carbonyl (C=O) groups is 3. The molecule has 0 aliphatic heterocycles. The van der Waals surface area contributed by atoms with Crippen LogP contribution in [0.15, 0.2) is 48.5 Å². The number of amides is 1. The van der Waals surface area contributed by atoms with Crippen molar-refractivity contribution < 1.29 is 19.1 Å². The number of anilines is 1. The molecule has 0 spiro atoms. The first-order chi connectivity index (χ1) is 14.9. The molecule has 0 saturated heterocycles. The summed E-state index contributed by atoms with van der Waals surface area (Å²) in [4.78, 5) is 41.5. The summed E-state index contributed by atoms with van der Waals surface area (Å²) in [5, 5.41) is 3.41. The van der Waals surface area contributed by atoms with Crippen LogP contribution in [0.5, 0.6) is 0 Å². The van der Waals surface area contributed by atoms with Crippen molar-refractivity contribution in [1.29, 1.82) is 0 Å². The summed E-state index contributed by atoms with van der Waals surface area (Å²) in [7, 11) is 0. The van der Waals surface area contributed by atoms with E-state index in [4.69, 9.17) is 9.72 Å². The number of benzene rings is 2. The largest absolute Gasteiger partial charge is 0.454 e. The molecular formula is C25H24N2O4. The average molecular weight is 416 g/mol. The third-order valence-corrected chi connectivity index (χ3v) is 5.57. The van der Waals surface area contributed by atoms with Crippen molar-refractivity contribution in [3.8, 4) is 0 Å². The highest BCUT2D eigenvalue weighted by molar-refractivity contribution is 6.06. The highest BCUT2D eigenvalue weighted by Gasteiger charge is 2.26. The Hall–Kier alpha value is -3.54. The molecule has 4 rings (SSSR count). The van der Waals surface area contributed by atoms with E-state index in [-0.39, 0.29) is 18.3 Å². The van der Waals surface area contributed by atoms with Gasteiger partial charge in [-0.1, -0.05) is 25.1 Å². The fourth-order valence-corrected chi connectivity index (χ4v) is 4.03. The van der Waals surface area contributed by atoms with E-state index in [1.807, 2.05) is 24.3 Å². The summed E-state index contributed by atoms with van der Waals surface area (Å²) in [6.07, 6.45) is 2.65. The van der Waals surface area contributed by atoms with E-state index in [0.29, 0.717) is 22.7 Å². The second-order valence-electron chi connectivity index (χ2n) is 8.04. The van der Waals surface area contributed by atoms with Crippen molar-refractivity contribution in [3.63, 3.8) is 0 Å². The number of pyridine rings is 1. The molecule has 1 atom stereocenters. The molecule has 0 unspecified atom stereocenters. The molecule has 1 amide bonds. The molecule has 6 heteroatoms. The minimum atomic E-state index is -0.493. The van der Waals surface area contributed by atoms with Crippen LogP contribution in [0.2, 0.25) is 0 Å². The van der Waals surface area contributed by atoms with E-state index in [9.17, 15) is 14.4 Å². The SMILES string of the molecule is CC(=O)Nc1ccc(C(=O)COC(=O)c2c3c(nc4ccccc24)CC[C@H](C)C3)cc1. The van der Waals surface area contributed by atoms with Gasteiger partial charge < -0.3 is 10.1 Å². The average Bonchev–Trinajstić information content (AvgIpc) is 2.75. The third kappa shape index (κ3) is 4.48. The van der Waals surface area contributed by atoms with Crippen LogP contribution in [0.25, 0.3) is 10.9 Å². The van der Waals surface area contributed by atoms with Crippen molar-refractivity contribution in [3.05, 3.63) is 70.9 Å². The van der Waals surface area contributed by atoms with Crippen LogP contribution in [-0.4, -0.2) is 29.3 Å². The topological polar surface area (TPSA) is 85.4 Å². The summed E-state index contributed by atoms with van der Waals surface area (Å²) < 4.78 is 5.46. The molecule has 1 aliphatic carbocycles. The smallest absolute Gasteiger partial charge is 0.339 e. The number of aryl methyl sites for hydroxylation is 1. The van der Waals surface area contributed by atoms with Gasteiger partial charge in [-0.25, -0.2) is 4.79 Å². The summed E-state index contributed by atoms with van der Waals surface area (Å²) in [5.41, 5.74) is 4.20. The predicted octanol–water partition coefficient (Wildman–Crippen LogP) is 4.36. The van der Waals surface area contributed by atoms with Crippen molar-refractivity contribution in [2.75, 3.05) is 11.9 Å². The number of nitrogens with zero attached hydrogens (tertiary/aromatic N) is 1. The van der Waals surface area contributed by atoms with Crippen LogP contribution in [0.1, 0.15) is 52.2 Å². The van der Waals surface area contributed by atoms with Gasteiger partial charge in [0.15, 0.2) is 12.4 Å². The van der Waals surface area contributed by atoms with Crippen LogP contribution in [0, 0.1) is 5.92 Å². The summed E-state index contributed by atoms with van der Waals surface area (Å²) in [6.45, 7) is 3.24. The van der Waals surface area contributed by atoms with E-state index in [0.717, 1.165) is 41.4 Å². The molecule has 0 saturated carbocycles. The number of fused-ring (bicyclic) bond motifs is 2. The lowest BCUT2D eigenvalue weighted by Gasteiger charge is -2.24. The Balaban J connectivity index is 1.55. The number of para-hydroxylation sites is 1. The van der Waals surface area contributed by atoms with Gasteiger partial charge in [0.25, 0.3) is 0 Å². The standard InChI is InChI=1S/C25H24N2O4/c1-15-7-12-22-20(13-15)24(19-5-3-4-6-21(19)27-22)25(30)31-14-23(29)17-8-10-18(11-9-17)26-16(2)28/h3-6,8-11,15H,7,12-14H2,1-2H3,(H,26,28)/t15-/m0/s1. The molecule has 6 nitrogen and oxygen atoms in total. The Morgan fingerprint density at radius 3 is 2.58 bits per heavy atom. The molecule has 3 aromatic rings. The zero-order valence-electron chi connectivity index (χ0n) is 17.6. The lowest BCUT2D eigenvalue weighted by Crippen LogP contribution is -2.21. The van der Waals surface area contributed by atoms with Gasteiger partial charge in [0, 0.05) is 29.3 Å². The number of nitrogens with one attached hydrogen (secondary N) is 1. The van der Waals surface area contributed by atoms with Crippen LogP contribution in [0.3, 0.4) is 0 Å². The Morgan fingerprint density at radius 1 is 1.10 bits per heavy atom. The Kier molecular flexibility index (Phi) is 5.80. The van der Waals surface area contributed by atoms with Gasteiger partial charge in [-0.15, -0.1) is 0 Å². The van der Waals surface area contributed by atoms with Crippen molar-refractivity contribution in [2.24, 2.45) is 5.92 Å². The molecular weight excluding hydrogens is 392 g/mol. The molecule has 1 N–H and O–H groups in total. The molecule has 1 aliphatic rings. The summed E-state index contributed by atoms with van der Waals surface area (Å²) >= 11 is 0. The Morgan fingerprint density at radius 2 is 1.84 bits per heavy atom. The highest BCUT2D eigenvalue weighted by atomic mass is 16.5. The Labute approximate surface area is 180 Å². The van der Waals surface area contributed by atoms with Crippen LogP contribution in [-0.2, 0) is 22.4 Å². The van der Waals surface area contributed by atoms with Gasteiger partial charge in [0.2, 0.25) is 5.91 Å². The van der Waals surface area contributed by atoms with Gasteiger partial charge >= 0.3 is 5.97 Å². The number of ether oxygens (including phenoxy) is 1. The van der Waals surface area contributed by atoms with Crippen LogP contribution >= 0.6 is 0 Å². The minimum Gasteiger partial charge on any atom is -0.454 e. The fraction of sp³-hybridized carbons (Fsp3) is 0.280. The molecule has 0 fully saturated rings. The number of rotatable bonds is 5. The lowest BCUT2D eigenvalue weighted by atomic mass is 9.84. The highest BCUT2D eigenvalue weighted by Crippen LogP contribution is 2.32. The van der Waals surface area contributed by atoms with E-state index in [1.54, 1.807) is 24.3 Å². The summed E-state index contributed by atoms with van der Waals surface area (Å²) in [6, 6.07) is 14.0. The second kappa shape index (κ2) is 8.68. The first-order valence-corrected chi connectivity index (χ1v) is 10.4. The minimum absolute atomic E-state index is 0.185. The third-order valence-electron chi connectivity index (χ3n) is 5.57. The van der Waals surface area contributed by atoms with Gasteiger partial charge in [0.05, 0.1) is 11.1 Å². The quantitative estimate of drug-likeness (QED) is 0.493. The summed E-state index contributed by atoms with van der Waals surface area (Å²) in [5.74, 6) is -0.517. The zero-order valence-corrected chi connectivity index (χ0v) is 17.6. The maximum Gasteiger partial charge on any atom is 0.339 e. The number of hydrogen-bond acceptors (Lipinski definition) is 5. The lowest BCUT2D eigenvalue weighted by molar-refractivity contribution is -0.114. The number of aromatic nitrogens is 1. The van der Waals surface area contributed by atoms with Crippen LogP contribution < -0.4 is 5.32 Å². The zero-order chi connectivity index (χ0) is 22.0. The van der Waals surface area contributed by atoms with E-state index >= 15 is 0 Å². The predicted molar refractivity (Wildman–Crippen MR) is 118 cm³/mol. The number of esters is 1. The van der Waals surface area contributed by atoms with Gasteiger partial charge in [0.1, 0.15) is 0 Å². The molecule has 31 heavy (non-hydrogen) atoms. The second-order valence-corrected chi connectivity index (χ2v) is 8.04. The Bertz CT molecular complexity index is 1170. The maximum absolute atomic E-state index is 13.1. The van der Waals surface area contributed by atoms with Gasteiger partial charge in [-0.3, -0.25) is 14.6 Å². The normalized spacial score (nSPS) is 15.2. The molecule has 2 aromatic carbocycles. The molecule has 0 radical (unpaired) electrons. The molecule has 0 bridgehead atoms. The van der Waals surface area contributed by atoms with Crippen LogP contribution in [0.4, 0.5) is 5.69 Å². The van der Waals surface area contributed by atoms with Crippen molar-refractivity contribution in [2.45, 2.75) is 33.1 Å². The van der Waals surface area contributed by atoms with Crippen molar-refractivity contribution >= 4 is 34.3 Å². The van der Waals surface area contributed by atoms with E-state index in [1.165, 1.54) is 6.92 Å². The van der Waals surface area contributed by atoms with Crippen molar-refractivity contribution in [1.82, 2.24) is 4.98 Å². The molecule has 158 valence electrons. The number of ketones is 1. The molecule has 1 heterocycles. The van der Waals surface area contributed by atoms with E-state index in [2.05, 4.69) is 12.2 Å². The van der Waals surface area contributed by atoms with Gasteiger partial charge in [-0.05, 0) is 61.1 Å². The maximum atomic E-state index is 13.1. The number of hydrogen-bond donors (Lipinski definition) is 1.